The van der Waals surface area contributed by atoms with Crippen LogP contribution in [0.15, 0.2) is 72.8 Å². The normalized spacial score (nSPS) is 10.9. The number of hydrogen-bond donors (Lipinski definition) is 2. The van der Waals surface area contributed by atoms with Gasteiger partial charge in [0.05, 0.1) is 5.69 Å². The molecule has 3 nitrogen and oxygen atoms in total. The third-order valence-electron chi connectivity index (χ3n) is 4.39. The number of amides is 1. The van der Waals surface area contributed by atoms with Crippen LogP contribution in [0.1, 0.15) is 6.92 Å². The minimum atomic E-state index is -0.213. The fourth-order valence-corrected chi connectivity index (χ4v) is 3.34. The van der Waals surface area contributed by atoms with Crippen molar-refractivity contribution >= 4 is 33.1 Å². The van der Waals surface area contributed by atoms with Crippen LogP contribution in [0, 0.1) is 0 Å². The lowest BCUT2D eigenvalue weighted by atomic mass is 9.92. The van der Waals surface area contributed by atoms with Crippen molar-refractivity contribution in [2.75, 3.05) is 5.32 Å². The number of fused-ring (bicyclic) bond motifs is 2. The molecule has 0 radical (unpaired) electrons. The molecule has 1 amide bonds. The SMILES string of the molecule is CC(=O)Nc1cc2ccccc2c(-c2cccc3ccccc23)c1O. The number of anilines is 1. The molecule has 0 unspecified atom stereocenters. The number of hydrogen-bond acceptors (Lipinski definition) is 2. The van der Waals surface area contributed by atoms with Gasteiger partial charge in [-0.15, -0.1) is 0 Å². The van der Waals surface area contributed by atoms with E-state index < -0.39 is 0 Å². The Balaban J connectivity index is 2.12. The summed E-state index contributed by atoms with van der Waals surface area (Å²) in [6, 6.07) is 23.8. The fraction of sp³-hybridized carbons (Fsp3) is 0.0455. The lowest BCUT2D eigenvalue weighted by Crippen LogP contribution is -2.06. The van der Waals surface area contributed by atoms with E-state index in [1.165, 1.54) is 6.92 Å². The fourth-order valence-electron chi connectivity index (χ4n) is 3.34. The van der Waals surface area contributed by atoms with Crippen molar-refractivity contribution in [2.45, 2.75) is 6.92 Å². The van der Waals surface area contributed by atoms with Gasteiger partial charge in [-0.05, 0) is 33.2 Å². The van der Waals surface area contributed by atoms with Crippen molar-refractivity contribution < 1.29 is 9.90 Å². The maximum Gasteiger partial charge on any atom is 0.221 e. The van der Waals surface area contributed by atoms with Gasteiger partial charge in [0.1, 0.15) is 5.75 Å². The number of nitrogens with one attached hydrogen (secondary N) is 1. The van der Waals surface area contributed by atoms with Gasteiger partial charge in [-0.25, -0.2) is 0 Å². The van der Waals surface area contributed by atoms with Crippen LogP contribution in [0.2, 0.25) is 0 Å². The van der Waals surface area contributed by atoms with Crippen LogP contribution in [-0.4, -0.2) is 11.0 Å². The zero-order valence-corrected chi connectivity index (χ0v) is 13.8. The largest absolute Gasteiger partial charge is 0.505 e. The topological polar surface area (TPSA) is 49.3 Å². The predicted octanol–water partition coefficient (Wildman–Crippen LogP) is 5.32. The van der Waals surface area contributed by atoms with Gasteiger partial charge in [0.25, 0.3) is 0 Å². The standard InChI is InChI=1S/C22H17NO2/c1-14(24)23-20-13-16-8-3-5-11-18(16)21(22(20)25)19-12-6-9-15-7-2-4-10-17(15)19/h2-13,25H,1H3,(H,23,24). The average molecular weight is 327 g/mol. The smallest absolute Gasteiger partial charge is 0.221 e. The number of rotatable bonds is 2. The number of benzene rings is 4. The highest BCUT2D eigenvalue weighted by Crippen LogP contribution is 2.44. The van der Waals surface area contributed by atoms with Crippen molar-refractivity contribution in [3.8, 4) is 16.9 Å². The maximum absolute atomic E-state index is 11.5. The van der Waals surface area contributed by atoms with E-state index in [1.54, 1.807) is 6.07 Å². The predicted molar refractivity (Wildman–Crippen MR) is 103 cm³/mol. The van der Waals surface area contributed by atoms with Gasteiger partial charge in [-0.1, -0.05) is 66.7 Å². The molecule has 0 fully saturated rings. The second-order valence-electron chi connectivity index (χ2n) is 6.08. The summed E-state index contributed by atoms with van der Waals surface area (Å²) in [5.41, 5.74) is 2.10. The van der Waals surface area contributed by atoms with E-state index in [9.17, 15) is 9.90 Å². The minimum Gasteiger partial charge on any atom is -0.505 e. The molecule has 0 atom stereocenters. The summed E-state index contributed by atoms with van der Waals surface area (Å²) in [6.07, 6.45) is 0. The highest BCUT2D eigenvalue weighted by atomic mass is 16.3. The first-order valence-electron chi connectivity index (χ1n) is 8.15. The highest BCUT2D eigenvalue weighted by molar-refractivity contribution is 6.11. The van der Waals surface area contributed by atoms with E-state index in [2.05, 4.69) is 17.4 Å². The Morgan fingerprint density at radius 3 is 2.24 bits per heavy atom. The highest BCUT2D eigenvalue weighted by Gasteiger charge is 2.16. The number of aromatic hydroxyl groups is 1. The monoisotopic (exact) mass is 327 g/mol. The first kappa shape index (κ1) is 15.2. The summed E-state index contributed by atoms with van der Waals surface area (Å²) >= 11 is 0. The van der Waals surface area contributed by atoms with E-state index >= 15 is 0 Å². The van der Waals surface area contributed by atoms with Crippen LogP contribution < -0.4 is 5.32 Å². The average Bonchev–Trinajstić information content (AvgIpc) is 2.62. The molecule has 0 aromatic heterocycles. The van der Waals surface area contributed by atoms with Crippen LogP contribution >= 0.6 is 0 Å². The van der Waals surface area contributed by atoms with Crippen molar-refractivity contribution in [3.05, 3.63) is 72.8 Å². The summed E-state index contributed by atoms with van der Waals surface area (Å²) in [4.78, 5) is 11.5. The van der Waals surface area contributed by atoms with Crippen LogP contribution in [0.5, 0.6) is 5.75 Å². The molecular weight excluding hydrogens is 310 g/mol. The number of carbonyl (C=O) groups excluding carboxylic acids is 1. The number of phenols is 1. The Bertz CT molecular complexity index is 1110. The number of carbonyl (C=O) groups is 1. The van der Waals surface area contributed by atoms with Gasteiger partial charge < -0.3 is 10.4 Å². The van der Waals surface area contributed by atoms with Gasteiger partial charge in [0.2, 0.25) is 5.91 Å². The first-order valence-corrected chi connectivity index (χ1v) is 8.15. The summed E-state index contributed by atoms with van der Waals surface area (Å²) < 4.78 is 0. The van der Waals surface area contributed by atoms with E-state index in [-0.39, 0.29) is 11.7 Å². The third-order valence-corrected chi connectivity index (χ3v) is 4.39. The molecule has 0 aliphatic carbocycles. The summed E-state index contributed by atoms with van der Waals surface area (Å²) in [7, 11) is 0. The lowest BCUT2D eigenvalue weighted by Gasteiger charge is -2.16. The van der Waals surface area contributed by atoms with Crippen LogP contribution in [0.25, 0.3) is 32.7 Å². The molecule has 4 aromatic rings. The number of phenolic OH excluding ortho intramolecular Hbond substituents is 1. The van der Waals surface area contributed by atoms with Crippen LogP contribution in [0.4, 0.5) is 5.69 Å². The molecular formula is C22H17NO2. The molecule has 0 spiro atoms. The molecule has 0 saturated heterocycles. The first-order chi connectivity index (χ1) is 12.1. The Morgan fingerprint density at radius 2 is 1.48 bits per heavy atom. The molecule has 4 rings (SSSR count). The van der Waals surface area contributed by atoms with Crippen molar-refractivity contribution in [2.24, 2.45) is 0 Å². The molecule has 122 valence electrons. The van der Waals surface area contributed by atoms with Crippen LogP contribution in [0.3, 0.4) is 0 Å². The summed E-state index contributed by atoms with van der Waals surface area (Å²) in [5.74, 6) is -0.125. The maximum atomic E-state index is 11.5. The van der Waals surface area contributed by atoms with E-state index in [0.717, 1.165) is 32.7 Å². The second kappa shape index (κ2) is 5.95. The molecule has 0 aliphatic rings. The Hall–Kier alpha value is -3.33. The quantitative estimate of drug-likeness (QED) is 0.489. The lowest BCUT2D eigenvalue weighted by molar-refractivity contribution is -0.114. The van der Waals surface area contributed by atoms with Crippen LogP contribution in [-0.2, 0) is 4.79 Å². The Morgan fingerprint density at radius 1 is 0.840 bits per heavy atom. The van der Waals surface area contributed by atoms with E-state index in [1.807, 2.05) is 54.6 Å². The van der Waals surface area contributed by atoms with Gasteiger partial charge in [-0.3, -0.25) is 4.79 Å². The van der Waals surface area contributed by atoms with Crippen molar-refractivity contribution in [1.82, 2.24) is 0 Å². The molecule has 25 heavy (non-hydrogen) atoms. The zero-order chi connectivity index (χ0) is 17.4. The Labute approximate surface area is 145 Å². The molecule has 3 heteroatoms. The second-order valence-corrected chi connectivity index (χ2v) is 6.08. The molecule has 0 saturated carbocycles. The van der Waals surface area contributed by atoms with E-state index in [4.69, 9.17) is 0 Å². The van der Waals surface area contributed by atoms with Crippen molar-refractivity contribution in [1.29, 1.82) is 0 Å². The summed E-state index contributed by atoms with van der Waals surface area (Å²) in [6.45, 7) is 1.44. The third kappa shape index (κ3) is 2.60. The zero-order valence-electron chi connectivity index (χ0n) is 13.8. The Kier molecular flexibility index (Phi) is 3.62. The minimum absolute atomic E-state index is 0.0882. The van der Waals surface area contributed by atoms with Gasteiger partial charge in [0, 0.05) is 12.5 Å². The van der Waals surface area contributed by atoms with Gasteiger partial charge >= 0.3 is 0 Å². The molecule has 4 aromatic carbocycles. The molecule has 0 aliphatic heterocycles. The molecule has 2 N–H and O–H groups in total. The van der Waals surface area contributed by atoms with Crippen molar-refractivity contribution in [3.63, 3.8) is 0 Å². The molecule has 0 bridgehead atoms. The van der Waals surface area contributed by atoms with Gasteiger partial charge in [-0.2, -0.15) is 0 Å². The summed E-state index contributed by atoms with van der Waals surface area (Å²) in [5, 5.41) is 17.7. The van der Waals surface area contributed by atoms with E-state index in [0.29, 0.717) is 5.69 Å². The van der Waals surface area contributed by atoms with Gasteiger partial charge in [0.15, 0.2) is 0 Å². The molecule has 0 heterocycles.